The molecule has 0 aromatic heterocycles. The van der Waals surface area contributed by atoms with E-state index in [0.717, 1.165) is 0 Å². The van der Waals surface area contributed by atoms with Crippen molar-refractivity contribution in [3.05, 3.63) is 0 Å². The summed E-state index contributed by atoms with van der Waals surface area (Å²) >= 11 is 0. The Labute approximate surface area is 201 Å². The predicted octanol–water partition coefficient (Wildman–Crippen LogP) is 6.17. The first kappa shape index (κ1) is 33.6. The molecule has 6 heteroatoms. The average molecular weight is 456 g/mol. The number of hydrogen-bond donors (Lipinski definition) is 1. The van der Waals surface area contributed by atoms with Gasteiger partial charge >= 0.3 is 0 Å². The topological polar surface area (TPSA) is 56.8 Å². The Morgan fingerprint density at radius 3 is 1.44 bits per heavy atom. The molecule has 1 aliphatic rings. The number of carbonyl (C=O) groups is 1. The van der Waals surface area contributed by atoms with Crippen LogP contribution in [0.25, 0.3) is 0 Å². The summed E-state index contributed by atoms with van der Waals surface area (Å²) in [4.78, 5) is 10.1. The van der Waals surface area contributed by atoms with Gasteiger partial charge in [-0.2, -0.15) is 0 Å². The summed E-state index contributed by atoms with van der Waals surface area (Å²) in [5.41, 5.74) is 0. The molecule has 1 fully saturated rings. The molecule has 0 aliphatic carbocycles. The zero-order chi connectivity index (χ0) is 24.5. The first-order chi connectivity index (χ1) is 15.7. The van der Waals surface area contributed by atoms with Gasteiger partial charge in [0.25, 0.3) is 0 Å². The van der Waals surface area contributed by atoms with E-state index in [1.165, 1.54) is 89.9 Å². The Kier molecular flexibility index (Phi) is 28.0. The van der Waals surface area contributed by atoms with E-state index in [0.29, 0.717) is 13.0 Å². The third-order valence-corrected chi connectivity index (χ3v) is 5.75. The van der Waals surface area contributed by atoms with Gasteiger partial charge < -0.3 is 19.5 Å². The van der Waals surface area contributed by atoms with E-state index >= 15 is 0 Å². The van der Waals surface area contributed by atoms with Crippen LogP contribution in [0, 0.1) is 0 Å². The molecule has 0 aromatic carbocycles. The van der Waals surface area contributed by atoms with E-state index in [9.17, 15) is 4.79 Å². The Morgan fingerprint density at radius 1 is 0.750 bits per heavy atom. The summed E-state index contributed by atoms with van der Waals surface area (Å²) in [6.45, 7) is 8.95. The molecule has 2 radical (unpaired) electrons. The van der Waals surface area contributed by atoms with Crippen molar-refractivity contribution in [2.45, 2.75) is 142 Å². The maximum atomic E-state index is 10.1. The van der Waals surface area contributed by atoms with Crippen molar-refractivity contribution < 1.29 is 19.0 Å². The van der Waals surface area contributed by atoms with E-state index in [-0.39, 0.29) is 18.3 Å². The Morgan fingerprint density at radius 2 is 1.12 bits per heavy atom. The lowest BCUT2D eigenvalue weighted by Crippen LogP contribution is -2.40. The monoisotopic (exact) mass is 455 g/mol. The maximum Gasteiger partial charge on any atom is 0.207 e. The van der Waals surface area contributed by atoms with E-state index in [4.69, 9.17) is 22.1 Å². The van der Waals surface area contributed by atoms with E-state index in [1.807, 2.05) is 13.8 Å². The van der Waals surface area contributed by atoms with Crippen LogP contribution in [0.5, 0.6) is 0 Å². The lowest BCUT2D eigenvalue weighted by atomic mass is 9.93. The summed E-state index contributed by atoms with van der Waals surface area (Å²) in [6.07, 6.45) is 20.2. The molecular weight excluding hydrogens is 401 g/mol. The molecule has 1 N–H and O–H groups in total. The highest BCUT2D eigenvalue weighted by Gasteiger charge is 2.42. The summed E-state index contributed by atoms with van der Waals surface area (Å²) in [7, 11) is 8.79. The van der Waals surface area contributed by atoms with Gasteiger partial charge in [0.1, 0.15) is 26.2 Å². The molecule has 1 heterocycles. The molecule has 1 amide bonds. The number of amides is 1. The molecule has 4 unspecified atom stereocenters. The van der Waals surface area contributed by atoms with Crippen LogP contribution >= 0.6 is 0 Å². The average Bonchev–Trinajstić information content (AvgIpc) is 3.14. The number of ether oxygens (including phenoxy) is 3. The number of carbonyl (C=O) groups excluding carboxylic acids is 1. The summed E-state index contributed by atoms with van der Waals surface area (Å²) < 4.78 is 15.7. The predicted molar refractivity (Wildman–Crippen MR) is 137 cm³/mol. The third kappa shape index (κ3) is 17.9. The van der Waals surface area contributed by atoms with Crippen LogP contribution in [0.1, 0.15) is 118 Å². The fourth-order valence-electron chi connectivity index (χ4n) is 3.91. The van der Waals surface area contributed by atoms with Crippen LogP contribution in [-0.4, -0.2) is 59.3 Å². The van der Waals surface area contributed by atoms with Crippen molar-refractivity contribution >= 4 is 14.3 Å². The number of rotatable bonds is 18. The molecule has 5 nitrogen and oxygen atoms in total. The standard InChI is InChI=1S/C16H34.C8H14BNO4.C2H6/c1-3-5-7-9-11-13-15-16-14-12-10-8-6-4-2;1-12-6-5(3-10-4-11)14-8(9)7(6)13-2;1-2/h3-16H2,1-2H3;4-8H,3H2,1-2H3,(H,10,11);1-2H3. The highest BCUT2D eigenvalue weighted by atomic mass is 16.6. The van der Waals surface area contributed by atoms with Gasteiger partial charge in [-0.1, -0.05) is 118 Å². The van der Waals surface area contributed by atoms with Crippen LogP contribution in [-0.2, 0) is 19.0 Å². The molecule has 190 valence electrons. The number of nitrogens with one attached hydrogen (secondary N) is 1. The normalized spacial score (nSPS) is 21.8. The number of hydrogen-bond acceptors (Lipinski definition) is 4. The SMILES string of the molecule is CC.CCCCCCCCCCCCCCCC.[B]C1OC(CNC=O)C(OC)C1OC. The molecule has 1 rings (SSSR count). The van der Waals surface area contributed by atoms with Crippen LogP contribution in [0.3, 0.4) is 0 Å². The molecule has 0 saturated carbocycles. The second-order valence-electron chi connectivity index (χ2n) is 8.31. The van der Waals surface area contributed by atoms with Gasteiger partial charge in [-0.05, 0) is 0 Å². The Balaban J connectivity index is 0. The van der Waals surface area contributed by atoms with Crippen LogP contribution in [0.2, 0.25) is 0 Å². The third-order valence-electron chi connectivity index (χ3n) is 5.75. The molecule has 1 saturated heterocycles. The second kappa shape index (κ2) is 26.7. The summed E-state index contributed by atoms with van der Waals surface area (Å²) in [6, 6.07) is -0.511. The molecule has 0 bridgehead atoms. The van der Waals surface area contributed by atoms with Gasteiger partial charge in [0, 0.05) is 26.8 Å². The van der Waals surface area contributed by atoms with E-state index < -0.39 is 6.00 Å². The van der Waals surface area contributed by atoms with Gasteiger partial charge in [0.15, 0.2) is 0 Å². The van der Waals surface area contributed by atoms with Crippen molar-refractivity contribution in [1.29, 1.82) is 0 Å². The zero-order valence-corrected chi connectivity index (χ0v) is 22.2. The first-order valence-corrected chi connectivity index (χ1v) is 13.3. The van der Waals surface area contributed by atoms with Crippen molar-refractivity contribution in [2.24, 2.45) is 0 Å². The lowest BCUT2D eigenvalue weighted by Gasteiger charge is -2.20. The smallest absolute Gasteiger partial charge is 0.207 e. The van der Waals surface area contributed by atoms with Crippen molar-refractivity contribution in [3.63, 3.8) is 0 Å². The lowest BCUT2D eigenvalue weighted by molar-refractivity contribution is -0.110. The molecule has 4 atom stereocenters. The van der Waals surface area contributed by atoms with Crippen molar-refractivity contribution in [3.8, 4) is 0 Å². The van der Waals surface area contributed by atoms with Crippen LogP contribution < -0.4 is 5.32 Å². The van der Waals surface area contributed by atoms with Gasteiger partial charge in [0.05, 0.1) is 0 Å². The van der Waals surface area contributed by atoms with Crippen molar-refractivity contribution in [2.75, 3.05) is 20.8 Å². The summed E-state index contributed by atoms with van der Waals surface area (Å²) in [5, 5.41) is 2.52. The minimum Gasteiger partial charge on any atom is -0.377 e. The zero-order valence-electron chi connectivity index (χ0n) is 22.2. The quantitative estimate of drug-likeness (QED) is 0.153. The van der Waals surface area contributed by atoms with Gasteiger partial charge in [-0.15, -0.1) is 0 Å². The van der Waals surface area contributed by atoms with E-state index in [2.05, 4.69) is 19.2 Å². The van der Waals surface area contributed by atoms with Gasteiger partial charge in [-0.3, -0.25) is 4.79 Å². The van der Waals surface area contributed by atoms with E-state index in [1.54, 1.807) is 14.2 Å². The number of unbranched alkanes of at least 4 members (excludes halogenated alkanes) is 13. The summed E-state index contributed by atoms with van der Waals surface area (Å²) in [5.74, 6) is 0. The minimum absolute atomic E-state index is 0.248. The molecule has 0 spiro atoms. The Hall–Kier alpha value is -0.585. The molecule has 0 aromatic rings. The maximum absolute atomic E-state index is 10.1. The first-order valence-electron chi connectivity index (χ1n) is 13.3. The Bertz CT molecular complexity index is 360. The molecule has 1 aliphatic heterocycles. The largest absolute Gasteiger partial charge is 0.377 e. The second-order valence-corrected chi connectivity index (χ2v) is 8.31. The highest BCUT2D eigenvalue weighted by molar-refractivity contribution is 6.11. The fourth-order valence-corrected chi connectivity index (χ4v) is 3.91. The minimum atomic E-state index is -0.511. The van der Waals surface area contributed by atoms with Crippen LogP contribution in [0.4, 0.5) is 0 Å². The molecule has 32 heavy (non-hydrogen) atoms. The van der Waals surface area contributed by atoms with Gasteiger partial charge in [-0.25, -0.2) is 0 Å². The number of methoxy groups -OCH3 is 2. The highest BCUT2D eigenvalue weighted by Crippen LogP contribution is 2.23. The van der Waals surface area contributed by atoms with Crippen LogP contribution in [0.15, 0.2) is 0 Å². The molecular formula is C26H54BNO4. The fraction of sp³-hybridized carbons (Fsp3) is 0.962. The van der Waals surface area contributed by atoms with Gasteiger partial charge in [0.2, 0.25) is 6.41 Å². The van der Waals surface area contributed by atoms with Crippen molar-refractivity contribution in [1.82, 2.24) is 5.32 Å².